The SMILES string of the molecule is Cc1ccc(OCC(F)F)c(CNC(C)(C)C)n1. The van der Waals surface area contributed by atoms with Crippen molar-refractivity contribution in [3.63, 3.8) is 0 Å². The Balaban J connectivity index is 2.76. The number of halogens is 2. The maximum Gasteiger partial charge on any atom is 0.272 e. The van der Waals surface area contributed by atoms with Gasteiger partial charge in [-0.25, -0.2) is 8.78 Å². The van der Waals surface area contributed by atoms with Crippen LogP contribution in [0.2, 0.25) is 0 Å². The quantitative estimate of drug-likeness (QED) is 0.881. The third-order valence-corrected chi connectivity index (χ3v) is 2.22. The van der Waals surface area contributed by atoms with Crippen molar-refractivity contribution in [3.05, 3.63) is 23.5 Å². The van der Waals surface area contributed by atoms with E-state index >= 15 is 0 Å². The van der Waals surface area contributed by atoms with Crippen molar-refractivity contribution in [2.45, 2.75) is 46.2 Å². The normalized spacial score (nSPS) is 11.9. The summed E-state index contributed by atoms with van der Waals surface area (Å²) >= 11 is 0. The maximum atomic E-state index is 12.1. The molecule has 1 aromatic heterocycles. The molecule has 1 heterocycles. The number of hydrogen-bond donors (Lipinski definition) is 1. The van der Waals surface area contributed by atoms with Crippen LogP contribution in [0.1, 0.15) is 32.2 Å². The molecule has 0 aliphatic heterocycles. The number of aryl methyl sites for hydroxylation is 1. The van der Waals surface area contributed by atoms with Gasteiger partial charge in [-0.3, -0.25) is 4.98 Å². The first-order valence-electron chi connectivity index (χ1n) is 5.90. The zero-order valence-electron chi connectivity index (χ0n) is 11.3. The molecule has 0 bridgehead atoms. The fourth-order valence-corrected chi connectivity index (χ4v) is 1.36. The monoisotopic (exact) mass is 258 g/mol. The van der Waals surface area contributed by atoms with Gasteiger partial charge in [-0.15, -0.1) is 0 Å². The van der Waals surface area contributed by atoms with Crippen molar-refractivity contribution in [1.29, 1.82) is 0 Å². The van der Waals surface area contributed by atoms with Crippen molar-refractivity contribution in [2.75, 3.05) is 6.61 Å². The molecule has 0 aliphatic carbocycles. The van der Waals surface area contributed by atoms with Gasteiger partial charge in [0.25, 0.3) is 6.43 Å². The third-order valence-electron chi connectivity index (χ3n) is 2.22. The molecule has 1 rings (SSSR count). The van der Waals surface area contributed by atoms with Crippen LogP contribution in [0.5, 0.6) is 5.75 Å². The molecule has 0 fully saturated rings. The fraction of sp³-hybridized carbons (Fsp3) is 0.615. The standard InChI is InChI=1S/C13H20F2N2O/c1-9-5-6-11(18-8-12(14)15)10(17-9)7-16-13(2,3)4/h5-6,12,16H,7-8H2,1-4H3. The van der Waals surface area contributed by atoms with Crippen LogP contribution in [0.15, 0.2) is 12.1 Å². The van der Waals surface area contributed by atoms with E-state index in [1.54, 1.807) is 12.1 Å². The second kappa shape index (κ2) is 6.09. The second-order valence-electron chi connectivity index (χ2n) is 5.20. The summed E-state index contributed by atoms with van der Waals surface area (Å²) in [6.45, 7) is 7.84. The fourth-order valence-electron chi connectivity index (χ4n) is 1.36. The van der Waals surface area contributed by atoms with Gasteiger partial charge in [0, 0.05) is 17.8 Å². The predicted octanol–water partition coefficient (Wildman–Crippen LogP) is 2.92. The van der Waals surface area contributed by atoms with Gasteiger partial charge in [-0.1, -0.05) is 0 Å². The summed E-state index contributed by atoms with van der Waals surface area (Å²) < 4.78 is 29.4. The van der Waals surface area contributed by atoms with E-state index in [4.69, 9.17) is 4.74 Å². The molecule has 1 N–H and O–H groups in total. The highest BCUT2D eigenvalue weighted by Crippen LogP contribution is 2.18. The van der Waals surface area contributed by atoms with Gasteiger partial charge in [-0.05, 0) is 39.8 Å². The molecule has 1 aromatic rings. The average Bonchev–Trinajstić information content (AvgIpc) is 2.23. The Hall–Kier alpha value is -1.23. The van der Waals surface area contributed by atoms with Crippen molar-refractivity contribution in [1.82, 2.24) is 10.3 Å². The van der Waals surface area contributed by atoms with Gasteiger partial charge in [-0.2, -0.15) is 0 Å². The van der Waals surface area contributed by atoms with E-state index in [1.165, 1.54) is 0 Å². The summed E-state index contributed by atoms with van der Waals surface area (Å²) in [7, 11) is 0. The lowest BCUT2D eigenvalue weighted by molar-refractivity contribution is 0.0810. The number of nitrogens with one attached hydrogen (secondary N) is 1. The summed E-state index contributed by atoms with van der Waals surface area (Å²) in [5, 5.41) is 3.26. The van der Waals surface area contributed by atoms with E-state index in [-0.39, 0.29) is 5.54 Å². The van der Waals surface area contributed by atoms with Gasteiger partial charge in [0.2, 0.25) is 0 Å². The molecule has 3 nitrogen and oxygen atoms in total. The van der Waals surface area contributed by atoms with Crippen molar-refractivity contribution < 1.29 is 13.5 Å². The Morgan fingerprint density at radius 2 is 2.00 bits per heavy atom. The Labute approximate surface area is 107 Å². The summed E-state index contributed by atoms with van der Waals surface area (Å²) in [5.41, 5.74) is 1.43. The Morgan fingerprint density at radius 3 is 2.56 bits per heavy atom. The second-order valence-corrected chi connectivity index (χ2v) is 5.20. The van der Waals surface area contributed by atoms with Gasteiger partial charge >= 0.3 is 0 Å². The zero-order valence-corrected chi connectivity index (χ0v) is 11.3. The van der Waals surface area contributed by atoms with Gasteiger partial charge in [0.15, 0.2) is 0 Å². The Kier molecular flexibility index (Phi) is 5.02. The first kappa shape index (κ1) is 14.8. The Bertz CT molecular complexity index is 389. The van der Waals surface area contributed by atoms with Crippen LogP contribution in [0.25, 0.3) is 0 Å². The van der Waals surface area contributed by atoms with E-state index < -0.39 is 13.0 Å². The van der Waals surface area contributed by atoms with E-state index in [0.717, 1.165) is 5.69 Å². The van der Waals surface area contributed by atoms with Crippen LogP contribution in [-0.4, -0.2) is 23.6 Å². The van der Waals surface area contributed by atoms with Gasteiger partial charge in [0.1, 0.15) is 12.4 Å². The van der Waals surface area contributed by atoms with Crippen LogP contribution in [0.4, 0.5) is 8.78 Å². The van der Waals surface area contributed by atoms with E-state index in [2.05, 4.69) is 10.3 Å². The van der Waals surface area contributed by atoms with Crippen LogP contribution in [0, 0.1) is 6.92 Å². The highest BCUT2D eigenvalue weighted by molar-refractivity contribution is 5.29. The molecule has 0 radical (unpaired) electrons. The lowest BCUT2D eigenvalue weighted by Gasteiger charge is -2.21. The Morgan fingerprint density at radius 1 is 1.33 bits per heavy atom. The predicted molar refractivity (Wildman–Crippen MR) is 67.1 cm³/mol. The summed E-state index contributed by atoms with van der Waals surface area (Å²) in [6, 6.07) is 3.44. The largest absolute Gasteiger partial charge is 0.486 e. The van der Waals surface area contributed by atoms with Crippen LogP contribution in [-0.2, 0) is 6.54 Å². The number of aromatic nitrogens is 1. The van der Waals surface area contributed by atoms with Crippen LogP contribution in [0.3, 0.4) is 0 Å². The number of alkyl halides is 2. The molecule has 0 spiro atoms. The van der Waals surface area contributed by atoms with Crippen LogP contribution < -0.4 is 10.1 Å². The summed E-state index contributed by atoms with van der Waals surface area (Å²) in [6.07, 6.45) is -2.48. The summed E-state index contributed by atoms with van der Waals surface area (Å²) in [5.74, 6) is 0.414. The molecule has 102 valence electrons. The molecule has 0 saturated heterocycles. The van der Waals surface area contributed by atoms with Crippen LogP contribution >= 0.6 is 0 Å². The molecule has 18 heavy (non-hydrogen) atoms. The zero-order chi connectivity index (χ0) is 13.8. The molecule has 0 atom stereocenters. The van der Waals surface area contributed by atoms with Crippen molar-refractivity contribution >= 4 is 0 Å². The van der Waals surface area contributed by atoms with Crippen molar-refractivity contribution in [3.8, 4) is 5.75 Å². The van der Waals surface area contributed by atoms with E-state index in [1.807, 2.05) is 27.7 Å². The summed E-state index contributed by atoms with van der Waals surface area (Å²) in [4.78, 5) is 4.32. The molecular formula is C13H20F2N2O. The molecule has 0 aromatic carbocycles. The molecule has 0 saturated carbocycles. The third kappa shape index (κ3) is 5.40. The number of nitrogens with zero attached hydrogens (tertiary/aromatic N) is 1. The lowest BCUT2D eigenvalue weighted by atomic mass is 10.1. The molecule has 0 aliphatic rings. The molecule has 0 amide bonds. The number of rotatable bonds is 5. The smallest absolute Gasteiger partial charge is 0.272 e. The van der Waals surface area contributed by atoms with Crippen molar-refractivity contribution in [2.24, 2.45) is 0 Å². The highest BCUT2D eigenvalue weighted by atomic mass is 19.3. The van der Waals surface area contributed by atoms with Gasteiger partial charge in [0.05, 0.1) is 5.69 Å². The minimum Gasteiger partial charge on any atom is -0.486 e. The van der Waals surface area contributed by atoms with E-state index in [9.17, 15) is 8.78 Å². The number of ether oxygens (including phenoxy) is 1. The first-order valence-corrected chi connectivity index (χ1v) is 5.90. The van der Waals surface area contributed by atoms with E-state index in [0.29, 0.717) is 18.0 Å². The average molecular weight is 258 g/mol. The lowest BCUT2D eigenvalue weighted by Crippen LogP contribution is -2.35. The maximum absolute atomic E-state index is 12.1. The molecular weight excluding hydrogens is 238 g/mol. The highest BCUT2D eigenvalue weighted by Gasteiger charge is 2.13. The molecule has 0 unspecified atom stereocenters. The molecule has 5 heteroatoms. The first-order chi connectivity index (χ1) is 8.28. The minimum absolute atomic E-state index is 0.0641. The minimum atomic E-state index is -2.48. The number of hydrogen-bond acceptors (Lipinski definition) is 3. The number of pyridine rings is 1. The van der Waals surface area contributed by atoms with Gasteiger partial charge < -0.3 is 10.1 Å². The topological polar surface area (TPSA) is 34.1 Å².